The molecule has 0 bridgehead atoms. The van der Waals surface area contributed by atoms with Gasteiger partial charge in [-0.15, -0.1) is 5.10 Å². The zero-order chi connectivity index (χ0) is 30.3. The summed E-state index contributed by atoms with van der Waals surface area (Å²) in [4.78, 5) is 15.4. The number of hydrogen-bond acceptors (Lipinski definition) is 5. The lowest BCUT2D eigenvalue weighted by Gasteiger charge is -2.27. The fourth-order valence-corrected chi connectivity index (χ4v) is 5.49. The highest BCUT2D eigenvalue weighted by molar-refractivity contribution is 6.31. The Labute approximate surface area is 253 Å². The molecule has 3 aromatic rings. The lowest BCUT2D eigenvalue weighted by Crippen LogP contribution is -2.44. The van der Waals surface area contributed by atoms with Crippen LogP contribution in [0.1, 0.15) is 69.7 Å². The summed E-state index contributed by atoms with van der Waals surface area (Å²) in [6, 6.07) is 15.0. The lowest BCUT2D eigenvalue weighted by molar-refractivity contribution is -0.139. The molecule has 222 valence electrons. The summed E-state index contributed by atoms with van der Waals surface area (Å²) < 4.78 is 1.74. The molecule has 0 saturated heterocycles. The number of aliphatic hydroxyl groups excluding tert-OH is 1. The van der Waals surface area contributed by atoms with E-state index in [0.717, 1.165) is 18.4 Å². The van der Waals surface area contributed by atoms with Crippen molar-refractivity contribution >= 4 is 23.2 Å². The Hall–Kier alpha value is -3.52. The van der Waals surface area contributed by atoms with Gasteiger partial charge in [0.2, 0.25) is 0 Å². The van der Waals surface area contributed by atoms with Gasteiger partial charge in [0.1, 0.15) is 0 Å². The molecular weight excluding hydrogens is 548 g/mol. The molecule has 0 aliphatic carbocycles. The first-order chi connectivity index (χ1) is 20.1. The number of fused-ring (bicyclic) bond motifs is 1. The Morgan fingerprint density at radius 3 is 2.57 bits per heavy atom. The summed E-state index contributed by atoms with van der Waals surface area (Å²) in [7, 11) is 0. The van der Waals surface area contributed by atoms with Gasteiger partial charge < -0.3 is 15.1 Å². The van der Waals surface area contributed by atoms with E-state index in [4.69, 9.17) is 11.6 Å². The quantitative estimate of drug-likeness (QED) is 0.221. The van der Waals surface area contributed by atoms with Crippen LogP contribution in [0.2, 0.25) is 5.02 Å². The standard InChI is InChI=1S/C34H41ClN4O3/c1-24(2)11-10-12-25(3)18-20-39-32-17-16-28(35)21-30(32)34(42,33(39)41)26(4)13-8-9-19-38-22-31(36-37-38)29(23-40)27-14-6-5-7-15-27/h5-8,11,13-18,21-22,26,29,40,42H,9-10,12,19-20,23H2,1-4H3/b13-8+,25-18+/t26-,29?,34+/m1/s1. The number of rotatable bonds is 13. The molecule has 1 aliphatic heterocycles. The maximum atomic E-state index is 13.7. The average molecular weight is 589 g/mol. The van der Waals surface area contributed by atoms with Crippen LogP contribution in [0.15, 0.2) is 90.2 Å². The van der Waals surface area contributed by atoms with Gasteiger partial charge in [0.05, 0.1) is 23.9 Å². The van der Waals surface area contributed by atoms with Crippen LogP contribution in [-0.4, -0.2) is 44.3 Å². The Morgan fingerprint density at radius 2 is 1.86 bits per heavy atom. The average Bonchev–Trinajstić information content (AvgIpc) is 3.52. The first kappa shape index (κ1) is 31.4. The first-order valence-electron chi connectivity index (χ1n) is 14.5. The highest BCUT2D eigenvalue weighted by Crippen LogP contribution is 2.46. The fourth-order valence-electron chi connectivity index (χ4n) is 5.32. The van der Waals surface area contributed by atoms with Crippen LogP contribution in [0, 0.1) is 5.92 Å². The number of carbonyl (C=O) groups excluding carboxylic acids is 1. The summed E-state index contributed by atoms with van der Waals surface area (Å²) in [6.45, 7) is 9.00. The molecule has 2 N–H and O–H groups in total. The summed E-state index contributed by atoms with van der Waals surface area (Å²) in [6.07, 6.45) is 12.5. The van der Waals surface area contributed by atoms with Crippen molar-refractivity contribution in [1.29, 1.82) is 0 Å². The number of amides is 1. The number of aromatic nitrogens is 3. The fraction of sp³-hybridized carbons (Fsp3) is 0.382. The van der Waals surface area contributed by atoms with Crippen molar-refractivity contribution in [2.24, 2.45) is 5.92 Å². The third kappa shape index (κ3) is 7.09. The number of allylic oxidation sites excluding steroid dienone is 4. The Bertz CT molecular complexity index is 1460. The molecule has 2 aromatic carbocycles. The van der Waals surface area contributed by atoms with Crippen LogP contribution in [0.3, 0.4) is 0 Å². The van der Waals surface area contributed by atoms with E-state index in [9.17, 15) is 15.0 Å². The van der Waals surface area contributed by atoms with Gasteiger partial charge in [0.25, 0.3) is 5.91 Å². The number of hydrogen-bond donors (Lipinski definition) is 2. The van der Waals surface area contributed by atoms with E-state index in [0.29, 0.717) is 41.5 Å². The monoisotopic (exact) mass is 588 g/mol. The predicted molar refractivity (Wildman–Crippen MR) is 168 cm³/mol. The highest BCUT2D eigenvalue weighted by atomic mass is 35.5. The molecule has 0 saturated carbocycles. The predicted octanol–water partition coefficient (Wildman–Crippen LogP) is 6.57. The minimum atomic E-state index is -1.72. The zero-order valence-electron chi connectivity index (χ0n) is 24.9. The van der Waals surface area contributed by atoms with Crippen molar-refractivity contribution in [3.05, 3.63) is 112 Å². The van der Waals surface area contributed by atoms with Crippen molar-refractivity contribution in [3.63, 3.8) is 0 Å². The van der Waals surface area contributed by atoms with E-state index in [1.165, 1.54) is 11.1 Å². The van der Waals surface area contributed by atoms with Crippen molar-refractivity contribution in [3.8, 4) is 0 Å². The molecule has 2 heterocycles. The lowest BCUT2D eigenvalue weighted by atomic mass is 9.83. The SMILES string of the molecule is CC(C)=CCC/C(C)=C/CN1C(=O)[C@](O)([C@H](C)/C=C/CCn2cc(C(CO)c3ccccc3)nn2)c2cc(Cl)ccc21. The van der Waals surface area contributed by atoms with Crippen LogP contribution >= 0.6 is 11.6 Å². The number of aliphatic hydroxyl groups is 2. The van der Waals surface area contributed by atoms with Crippen molar-refractivity contribution in [2.75, 3.05) is 18.1 Å². The second-order valence-corrected chi connectivity index (χ2v) is 11.7. The van der Waals surface area contributed by atoms with Crippen molar-refractivity contribution in [2.45, 2.75) is 65.0 Å². The number of halogens is 1. The van der Waals surface area contributed by atoms with Crippen molar-refractivity contribution in [1.82, 2.24) is 15.0 Å². The third-order valence-electron chi connectivity index (χ3n) is 7.85. The molecule has 4 rings (SSSR count). The molecule has 8 heteroatoms. The van der Waals surface area contributed by atoms with Gasteiger partial charge in [0, 0.05) is 35.8 Å². The van der Waals surface area contributed by atoms with Gasteiger partial charge >= 0.3 is 0 Å². The van der Waals surface area contributed by atoms with Gasteiger partial charge in [-0.3, -0.25) is 9.48 Å². The molecule has 0 radical (unpaired) electrons. The van der Waals surface area contributed by atoms with Crippen LogP contribution in [-0.2, 0) is 16.9 Å². The Kier molecular flexibility index (Phi) is 10.5. The van der Waals surface area contributed by atoms with E-state index < -0.39 is 11.5 Å². The summed E-state index contributed by atoms with van der Waals surface area (Å²) in [5.74, 6) is -1.07. The molecule has 1 aliphatic rings. The Balaban J connectivity index is 1.43. The molecule has 3 atom stereocenters. The van der Waals surface area contributed by atoms with Crippen LogP contribution in [0.4, 0.5) is 5.69 Å². The topological polar surface area (TPSA) is 91.5 Å². The first-order valence-corrected chi connectivity index (χ1v) is 14.9. The normalized spacial score (nSPS) is 18.4. The molecule has 1 unspecified atom stereocenters. The van der Waals surface area contributed by atoms with E-state index >= 15 is 0 Å². The van der Waals surface area contributed by atoms with Gasteiger partial charge in [-0.25, -0.2) is 0 Å². The largest absolute Gasteiger partial charge is 0.395 e. The maximum Gasteiger partial charge on any atom is 0.264 e. The minimum absolute atomic E-state index is 0.0551. The second-order valence-electron chi connectivity index (χ2n) is 11.3. The number of benzene rings is 2. The molecule has 0 spiro atoms. The molecule has 42 heavy (non-hydrogen) atoms. The Morgan fingerprint density at radius 1 is 1.10 bits per heavy atom. The van der Waals surface area contributed by atoms with Gasteiger partial charge in [0.15, 0.2) is 5.60 Å². The zero-order valence-corrected chi connectivity index (χ0v) is 25.6. The third-order valence-corrected chi connectivity index (χ3v) is 8.09. The van der Waals surface area contributed by atoms with E-state index in [1.807, 2.05) is 61.7 Å². The molecule has 1 amide bonds. The van der Waals surface area contributed by atoms with Gasteiger partial charge in [-0.1, -0.05) is 89.5 Å². The highest BCUT2D eigenvalue weighted by Gasteiger charge is 2.52. The van der Waals surface area contributed by atoms with Crippen LogP contribution in [0.5, 0.6) is 0 Å². The number of nitrogens with zero attached hydrogens (tertiary/aromatic N) is 4. The van der Waals surface area contributed by atoms with Crippen LogP contribution in [0.25, 0.3) is 0 Å². The summed E-state index contributed by atoms with van der Waals surface area (Å²) in [5.41, 5.74) is 3.69. The summed E-state index contributed by atoms with van der Waals surface area (Å²) in [5, 5.41) is 30.8. The smallest absolute Gasteiger partial charge is 0.264 e. The van der Waals surface area contributed by atoms with Crippen molar-refractivity contribution < 1.29 is 15.0 Å². The summed E-state index contributed by atoms with van der Waals surface area (Å²) >= 11 is 6.32. The number of aryl methyl sites for hydroxylation is 1. The van der Waals surface area contributed by atoms with E-state index in [1.54, 1.807) is 21.7 Å². The molecule has 1 aromatic heterocycles. The molecule has 7 nitrogen and oxygen atoms in total. The number of carbonyl (C=O) groups is 1. The van der Waals surface area contributed by atoms with Gasteiger partial charge in [-0.05, 0) is 63.8 Å². The van der Waals surface area contributed by atoms with E-state index in [-0.39, 0.29) is 18.4 Å². The van der Waals surface area contributed by atoms with E-state index in [2.05, 4.69) is 43.2 Å². The minimum Gasteiger partial charge on any atom is -0.395 e. The number of anilines is 1. The molecule has 0 fully saturated rings. The van der Waals surface area contributed by atoms with Gasteiger partial charge in [-0.2, -0.15) is 0 Å². The molecular formula is C34H41ClN4O3. The second kappa shape index (κ2) is 14.1. The maximum absolute atomic E-state index is 13.7. The van der Waals surface area contributed by atoms with Crippen LogP contribution < -0.4 is 4.90 Å².